The summed E-state index contributed by atoms with van der Waals surface area (Å²) in [6.45, 7) is 2.34. The van der Waals surface area contributed by atoms with E-state index in [0.717, 1.165) is 36.9 Å². The third kappa shape index (κ3) is 5.48. The number of nitrogens with zero attached hydrogens (tertiary/aromatic N) is 4. The molecule has 0 saturated carbocycles. The predicted molar refractivity (Wildman–Crippen MR) is 140 cm³/mol. The number of hydrogen-bond donors (Lipinski definition) is 2. The van der Waals surface area contributed by atoms with Crippen LogP contribution in [0, 0.1) is 23.1 Å². The summed E-state index contributed by atoms with van der Waals surface area (Å²) in [5, 5.41) is 22.0. The van der Waals surface area contributed by atoms with Crippen LogP contribution in [0.25, 0.3) is 22.0 Å². The quantitative estimate of drug-likeness (QED) is 0.350. The minimum absolute atomic E-state index is 0.0268. The Balaban J connectivity index is 1.33. The van der Waals surface area contributed by atoms with Gasteiger partial charge in [0, 0.05) is 30.1 Å². The summed E-state index contributed by atoms with van der Waals surface area (Å²) in [6.07, 6.45) is 3.14. The van der Waals surface area contributed by atoms with E-state index >= 15 is 0 Å². The number of benzene rings is 2. The number of halogens is 1. The van der Waals surface area contributed by atoms with Gasteiger partial charge < -0.3 is 15.3 Å². The number of rotatable bonds is 7. The number of pyridine rings is 2. The molecule has 8 heteroatoms. The highest BCUT2D eigenvalue weighted by atomic mass is 19.1. The molecule has 1 saturated heterocycles. The molecule has 4 aromatic rings. The molecule has 0 bridgehead atoms. The minimum atomic E-state index is -0.453. The first-order chi connectivity index (χ1) is 18.0. The maximum absolute atomic E-state index is 14.9. The molecule has 0 atom stereocenters. The molecule has 3 heterocycles. The number of piperidine rings is 1. The van der Waals surface area contributed by atoms with Crippen LogP contribution in [0.2, 0.25) is 0 Å². The number of fused-ring (bicyclic) bond motifs is 1. The fourth-order valence-corrected chi connectivity index (χ4v) is 4.69. The lowest BCUT2D eigenvalue weighted by molar-refractivity contribution is 0.0819. The van der Waals surface area contributed by atoms with E-state index in [1.54, 1.807) is 48.7 Å². The Morgan fingerprint density at radius 2 is 1.92 bits per heavy atom. The lowest BCUT2D eigenvalue weighted by atomic mass is 9.90. The van der Waals surface area contributed by atoms with Gasteiger partial charge in [0.2, 0.25) is 0 Å². The monoisotopic (exact) mass is 495 g/mol. The van der Waals surface area contributed by atoms with Crippen LogP contribution in [-0.4, -0.2) is 52.0 Å². The van der Waals surface area contributed by atoms with Gasteiger partial charge in [-0.15, -0.1) is 0 Å². The average molecular weight is 496 g/mol. The maximum atomic E-state index is 14.9. The van der Waals surface area contributed by atoms with Gasteiger partial charge in [-0.25, -0.2) is 14.4 Å². The molecule has 2 aromatic heterocycles. The molecule has 7 nitrogen and oxygen atoms in total. The van der Waals surface area contributed by atoms with Crippen molar-refractivity contribution < 1.29 is 14.3 Å². The molecule has 1 aliphatic heterocycles. The van der Waals surface area contributed by atoms with Crippen LogP contribution in [0.1, 0.15) is 28.9 Å². The highest BCUT2D eigenvalue weighted by molar-refractivity contribution is 5.98. The Kier molecular flexibility index (Phi) is 7.17. The molecule has 2 aromatic carbocycles. The number of anilines is 2. The zero-order valence-electron chi connectivity index (χ0n) is 20.2. The van der Waals surface area contributed by atoms with Gasteiger partial charge in [-0.05, 0) is 73.5 Å². The molecule has 0 aliphatic carbocycles. The van der Waals surface area contributed by atoms with E-state index in [1.165, 1.54) is 6.07 Å². The van der Waals surface area contributed by atoms with Crippen molar-refractivity contribution in [2.24, 2.45) is 5.92 Å². The number of aliphatic hydroxyl groups excluding tert-OH is 1. The topological polar surface area (TPSA) is 102 Å². The number of Topliss-reactive ketones (excluding diaryl/α,β-unsaturated/α-hetero) is 1. The molecule has 0 unspecified atom stereocenters. The van der Waals surface area contributed by atoms with Crippen LogP contribution in [0.3, 0.4) is 0 Å². The van der Waals surface area contributed by atoms with Gasteiger partial charge in [-0.1, -0.05) is 18.2 Å². The van der Waals surface area contributed by atoms with Gasteiger partial charge in [0.1, 0.15) is 17.3 Å². The molecule has 5 rings (SSSR count). The summed E-state index contributed by atoms with van der Waals surface area (Å²) in [4.78, 5) is 24.2. The van der Waals surface area contributed by atoms with E-state index in [0.29, 0.717) is 34.7 Å². The Morgan fingerprint density at radius 3 is 2.68 bits per heavy atom. The summed E-state index contributed by atoms with van der Waals surface area (Å²) in [7, 11) is 0. The summed E-state index contributed by atoms with van der Waals surface area (Å²) >= 11 is 0. The van der Waals surface area contributed by atoms with E-state index in [1.807, 2.05) is 12.1 Å². The lowest BCUT2D eigenvalue weighted by Crippen LogP contribution is -2.38. The number of nitrogens with one attached hydrogen (secondary N) is 1. The van der Waals surface area contributed by atoms with Gasteiger partial charge >= 0.3 is 0 Å². The third-order valence-electron chi connectivity index (χ3n) is 6.76. The summed E-state index contributed by atoms with van der Waals surface area (Å²) < 4.78 is 14.9. The SMILES string of the molecule is N#Cc1cccc(-c2ccc(Nc3cc4nc(C(=O)C5CCN(CCO)CC5)ccc4cn3)c(F)c2)c1. The smallest absolute Gasteiger partial charge is 0.184 e. The second-order valence-electron chi connectivity index (χ2n) is 9.17. The van der Waals surface area contributed by atoms with Crippen molar-refractivity contribution in [3.63, 3.8) is 0 Å². The lowest BCUT2D eigenvalue weighted by Gasteiger charge is -2.30. The number of carbonyl (C=O) groups excluding carboxylic acids is 1. The van der Waals surface area contributed by atoms with Crippen molar-refractivity contribution in [3.05, 3.63) is 83.9 Å². The van der Waals surface area contributed by atoms with Crippen LogP contribution in [0.4, 0.5) is 15.9 Å². The first-order valence-electron chi connectivity index (χ1n) is 12.3. The van der Waals surface area contributed by atoms with Crippen LogP contribution in [0.15, 0.2) is 66.9 Å². The molecular weight excluding hydrogens is 469 g/mol. The normalized spacial score (nSPS) is 14.4. The van der Waals surface area contributed by atoms with Gasteiger partial charge in [0.25, 0.3) is 0 Å². The van der Waals surface area contributed by atoms with Crippen LogP contribution in [0.5, 0.6) is 0 Å². The zero-order chi connectivity index (χ0) is 25.8. The highest BCUT2D eigenvalue weighted by Crippen LogP contribution is 2.28. The molecule has 1 aliphatic rings. The largest absolute Gasteiger partial charge is 0.395 e. The number of aliphatic hydroxyl groups is 1. The molecule has 0 radical (unpaired) electrons. The van der Waals surface area contributed by atoms with Gasteiger partial charge in [-0.3, -0.25) is 4.79 Å². The van der Waals surface area contributed by atoms with E-state index in [-0.39, 0.29) is 24.0 Å². The fourth-order valence-electron chi connectivity index (χ4n) is 4.69. The second kappa shape index (κ2) is 10.8. The fraction of sp³-hybridized carbons (Fsp3) is 0.241. The Morgan fingerprint density at radius 1 is 1.11 bits per heavy atom. The molecule has 1 fully saturated rings. The maximum Gasteiger partial charge on any atom is 0.184 e. The molecule has 2 N–H and O–H groups in total. The third-order valence-corrected chi connectivity index (χ3v) is 6.76. The second-order valence-corrected chi connectivity index (χ2v) is 9.17. The van der Waals surface area contributed by atoms with Gasteiger partial charge in [-0.2, -0.15) is 5.26 Å². The first-order valence-corrected chi connectivity index (χ1v) is 12.3. The standard InChI is InChI=1S/C29H26FN5O2/c30-24-15-22(21-3-1-2-19(14-21)17-31)4-6-25(24)34-28-16-27-23(18-32-28)5-7-26(33-27)29(37)20-8-10-35(11-9-20)12-13-36/h1-7,14-16,18,20,36H,8-13H2,(H,32,34). The number of nitriles is 1. The highest BCUT2D eigenvalue weighted by Gasteiger charge is 2.26. The summed E-state index contributed by atoms with van der Waals surface area (Å²) in [5.74, 6) is -0.0917. The number of aromatic nitrogens is 2. The number of likely N-dealkylation sites (tertiary alicyclic amines) is 1. The number of β-amino-alcohol motifs (C(OH)–C–C–N with tert-alkyl or cyclic N) is 1. The Bertz CT molecular complexity index is 1490. The molecule has 37 heavy (non-hydrogen) atoms. The van der Waals surface area contributed by atoms with Crippen LogP contribution in [-0.2, 0) is 0 Å². The van der Waals surface area contributed by atoms with Crippen molar-refractivity contribution in [1.29, 1.82) is 5.26 Å². The van der Waals surface area contributed by atoms with E-state index in [4.69, 9.17) is 10.4 Å². The molecule has 186 valence electrons. The van der Waals surface area contributed by atoms with Crippen molar-refractivity contribution in [2.75, 3.05) is 31.6 Å². The van der Waals surface area contributed by atoms with Crippen molar-refractivity contribution in [1.82, 2.24) is 14.9 Å². The summed E-state index contributed by atoms with van der Waals surface area (Å²) in [6, 6.07) is 19.2. The van der Waals surface area contributed by atoms with Crippen LogP contribution < -0.4 is 5.32 Å². The van der Waals surface area contributed by atoms with Gasteiger partial charge in [0.15, 0.2) is 5.78 Å². The number of hydrogen-bond acceptors (Lipinski definition) is 7. The van der Waals surface area contributed by atoms with Crippen molar-refractivity contribution >= 4 is 28.2 Å². The van der Waals surface area contributed by atoms with E-state index < -0.39 is 5.82 Å². The molecule has 0 amide bonds. The Labute approximate surface area is 214 Å². The van der Waals surface area contributed by atoms with Gasteiger partial charge in [0.05, 0.1) is 29.4 Å². The van der Waals surface area contributed by atoms with E-state index in [9.17, 15) is 9.18 Å². The molecule has 0 spiro atoms. The number of ketones is 1. The predicted octanol–water partition coefficient (Wildman–Crippen LogP) is 4.94. The molecular formula is C29H26FN5O2. The Hall–Kier alpha value is -4.19. The average Bonchev–Trinajstić information content (AvgIpc) is 2.94. The number of carbonyl (C=O) groups is 1. The first kappa shape index (κ1) is 24.5. The van der Waals surface area contributed by atoms with E-state index in [2.05, 4.69) is 26.3 Å². The van der Waals surface area contributed by atoms with Crippen molar-refractivity contribution in [3.8, 4) is 17.2 Å². The van der Waals surface area contributed by atoms with Crippen molar-refractivity contribution in [2.45, 2.75) is 12.8 Å². The zero-order valence-corrected chi connectivity index (χ0v) is 20.2. The summed E-state index contributed by atoms with van der Waals surface area (Å²) in [5.41, 5.74) is 3.21. The minimum Gasteiger partial charge on any atom is -0.395 e. The van der Waals surface area contributed by atoms with Crippen LogP contribution >= 0.6 is 0 Å².